The van der Waals surface area contributed by atoms with Gasteiger partial charge >= 0.3 is 0 Å². The Bertz CT molecular complexity index is 437. The van der Waals surface area contributed by atoms with Gasteiger partial charge in [-0.15, -0.1) is 11.8 Å². The summed E-state index contributed by atoms with van der Waals surface area (Å²) >= 11 is 14.8. The summed E-state index contributed by atoms with van der Waals surface area (Å²) in [6, 6.07) is 9.81. The van der Waals surface area contributed by atoms with Crippen molar-refractivity contribution in [2.24, 2.45) is 5.10 Å². The van der Waals surface area contributed by atoms with Gasteiger partial charge in [0.15, 0.2) is 4.38 Å². The fourth-order valence-electron chi connectivity index (χ4n) is 1.12. The average Bonchev–Trinajstić information content (AvgIpc) is 2.55. The zero-order valence-corrected chi connectivity index (χ0v) is 11.9. The van der Waals surface area contributed by atoms with Gasteiger partial charge in [-0.25, -0.2) is 4.78 Å². The minimum absolute atomic E-state index is 0.942. The summed E-state index contributed by atoms with van der Waals surface area (Å²) in [7, 11) is 0. The van der Waals surface area contributed by atoms with Gasteiger partial charge in [-0.3, -0.25) is 0 Å². The largest absolute Gasteiger partial charge is 0.211 e. The van der Waals surface area contributed by atoms with Crippen molar-refractivity contribution < 1.29 is 0 Å². The van der Waals surface area contributed by atoms with E-state index in [9.17, 15) is 0 Å². The molecule has 15 heavy (non-hydrogen) atoms. The lowest BCUT2D eigenvalue weighted by Gasteiger charge is -2.19. The van der Waals surface area contributed by atoms with Crippen molar-refractivity contribution in [2.45, 2.75) is 0 Å². The molecule has 0 aromatic heterocycles. The Morgan fingerprint density at radius 2 is 2.13 bits per heavy atom. The Morgan fingerprint density at radius 1 is 1.47 bits per heavy atom. The second-order valence-electron chi connectivity index (χ2n) is 2.74. The van der Waals surface area contributed by atoms with Crippen LogP contribution in [0.1, 0.15) is 0 Å². The van der Waals surface area contributed by atoms with Crippen LogP contribution in [0.25, 0.3) is 0 Å². The third kappa shape index (κ3) is 2.53. The lowest BCUT2D eigenvalue weighted by atomic mass is 10.3. The number of para-hydroxylation sites is 1. The van der Waals surface area contributed by atoms with Crippen LogP contribution in [0.4, 0.5) is 5.69 Å². The first-order valence-corrected chi connectivity index (χ1v) is 10.4. The van der Waals surface area contributed by atoms with Crippen molar-refractivity contribution in [3.63, 3.8) is 0 Å². The molecule has 1 heterocycles. The molecule has 0 spiro atoms. The monoisotopic (exact) mass is 294 g/mol. The molecule has 0 saturated carbocycles. The number of hydrazone groups is 1. The fraction of sp³-hybridized carbons (Fsp3) is 0.125. The van der Waals surface area contributed by atoms with E-state index >= 15 is 0 Å². The van der Waals surface area contributed by atoms with Gasteiger partial charge in [0.1, 0.15) is 0 Å². The van der Waals surface area contributed by atoms with Gasteiger partial charge in [0, 0.05) is 0 Å². The molecule has 1 aliphatic rings. The second kappa shape index (κ2) is 4.68. The van der Waals surface area contributed by atoms with Crippen LogP contribution in [0.2, 0.25) is 0 Å². The highest BCUT2D eigenvalue weighted by atomic mass is 35.7. The molecule has 2 nitrogen and oxygen atoms in total. The smallest absolute Gasteiger partial charge is 0.201 e. The van der Waals surface area contributed by atoms with Gasteiger partial charge in [-0.2, -0.15) is 5.10 Å². The summed E-state index contributed by atoms with van der Waals surface area (Å²) in [5, 5.41) is 4.42. The van der Waals surface area contributed by atoms with Gasteiger partial charge in [-0.05, 0) is 52.8 Å². The first kappa shape index (κ1) is 11.8. The molecule has 1 unspecified atom stereocenters. The fourth-order valence-corrected chi connectivity index (χ4v) is 8.42. The van der Waals surface area contributed by atoms with Crippen LogP contribution in [0.15, 0.2) is 35.4 Å². The standard InChI is InChI=1S/C8H8ClN2PS3/c1-14-8-10-11(12(9,13)15-8)7-5-3-2-4-6-7/h2-6H,1H3. The van der Waals surface area contributed by atoms with Crippen molar-refractivity contribution in [1.29, 1.82) is 0 Å². The van der Waals surface area contributed by atoms with E-state index in [4.69, 9.17) is 23.0 Å². The van der Waals surface area contributed by atoms with Crippen LogP contribution in [0.3, 0.4) is 0 Å². The van der Waals surface area contributed by atoms with Crippen LogP contribution in [-0.2, 0) is 11.8 Å². The predicted octanol–water partition coefficient (Wildman–Crippen LogP) is 4.34. The number of halogens is 1. The summed E-state index contributed by atoms with van der Waals surface area (Å²) in [5.41, 5.74) is 0.965. The molecule has 0 radical (unpaired) electrons. The highest BCUT2D eigenvalue weighted by molar-refractivity contribution is 8.86. The first-order valence-electron chi connectivity index (χ1n) is 4.11. The van der Waals surface area contributed by atoms with Gasteiger partial charge in [0.25, 0.3) is 0 Å². The Labute approximate surface area is 107 Å². The van der Waals surface area contributed by atoms with E-state index in [1.807, 2.05) is 36.6 Å². The summed E-state index contributed by atoms with van der Waals surface area (Å²) in [6.45, 7) is 0. The highest BCUT2D eigenvalue weighted by Crippen LogP contribution is 2.72. The third-order valence-corrected chi connectivity index (χ3v) is 8.39. The lowest BCUT2D eigenvalue weighted by Crippen LogP contribution is -2.03. The van der Waals surface area contributed by atoms with E-state index in [-0.39, 0.29) is 0 Å². The van der Waals surface area contributed by atoms with E-state index in [0.29, 0.717) is 0 Å². The van der Waals surface area contributed by atoms with Crippen molar-refractivity contribution in [2.75, 3.05) is 11.0 Å². The Hall–Kier alpha value is 0.330. The highest BCUT2D eigenvalue weighted by Gasteiger charge is 2.33. The minimum atomic E-state index is -2.12. The zero-order valence-electron chi connectivity index (χ0n) is 7.83. The molecule has 0 aliphatic carbocycles. The summed E-state index contributed by atoms with van der Waals surface area (Å²) < 4.78 is 0.603. The number of hydrogen-bond acceptors (Lipinski definition) is 4. The lowest BCUT2D eigenvalue weighted by molar-refractivity contribution is 1.22. The van der Waals surface area contributed by atoms with Crippen LogP contribution in [0.5, 0.6) is 0 Å². The Balaban J connectivity index is 2.37. The van der Waals surface area contributed by atoms with Crippen LogP contribution >= 0.6 is 39.1 Å². The molecule has 80 valence electrons. The van der Waals surface area contributed by atoms with Crippen molar-refractivity contribution >= 4 is 61.0 Å². The summed E-state index contributed by atoms with van der Waals surface area (Å²) in [6.07, 6.45) is 1.98. The van der Waals surface area contributed by atoms with Crippen LogP contribution in [-0.4, -0.2) is 10.6 Å². The molecule has 0 saturated heterocycles. The number of hydrogen-bond donors (Lipinski definition) is 0. The zero-order chi connectivity index (χ0) is 10.9. The maximum Gasteiger partial charge on any atom is 0.201 e. The number of rotatable bonds is 1. The SMILES string of the molecule is CSC1=NN(c2ccccc2)P(=S)(Cl)S1. The molecule has 1 aromatic rings. The van der Waals surface area contributed by atoms with Crippen molar-refractivity contribution in [1.82, 2.24) is 0 Å². The molecule has 7 heteroatoms. The van der Waals surface area contributed by atoms with Crippen molar-refractivity contribution in [3.8, 4) is 0 Å². The number of nitrogens with zero attached hydrogens (tertiary/aromatic N) is 2. The Kier molecular flexibility index (Phi) is 3.68. The maximum atomic E-state index is 6.33. The van der Waals surface area contributed by atoms with Crippen LogP contribution in [0, 0.1) is 0 Å². The molecule has 1 aliphatic heterocycles. The Morgan fingerprint density at radius 3 is 2.67 bits per heavy atom. The first-order chi connectivity index (χ1) is 7.13. The molecular weight excluding hydrogens is 287 g/mol. The second-order valence-corrected chi connectivity index (χ2v) is 12.7. The molecular formula is C8H8ClN2PS3. The predicted molar refractivity (Wildman–Crippen MR) is 77.6 cm³/mol. The number of anilines is 1. The number of thioether (sulfide) groups is 1. The van der Waals surface area contributed by atoms with Gasteiger partial charge in [-0.1, -0.05) is 18.2 Å². The van der Waals surface area contributed by atoms with Gasteiger partial charge < -0.3 is 0 Å². The molecule has 1 aromatic carbocycles. The molecule has 0 fully saturated rings. The molecule has 2 rings (SSSR count). The van der Waals surface area contributed by atoms with Gasteiger partial charge in [0.2, 0.25) is 4.74 Å². The van der Waals surface area contributed by atoms with E-state index in [1.54, 1.807) is 16.5 Å². The van der Waals surface area contributed by atoms with E-state index < -0.39 is 4.74 Å². The third-order valence-electron chi connectivity index (χ3n) is 1.76. The summed E-state index contributed by atoms with van der Waals surface area (Å²) in [4.78, 5) is 0. The van der Waals surface area contributed by atoms with Crippen LogP contribution < -0.4 is 4.78 Å². The van der Waals surface area contributed by atoms with Gasteiger partial charge in [0.05, 0.1) is 5.69 Å². The quantitative estimate of drug-likeness (QED) is 0.716. The summed E-state index contributed by atoms with van der Waals surface area (Å²) in [5.74, 6) is 0. The van der Waals surface area contributed by atoms with E-state index in [0.717, 1.165) is 10.1 Å². The average molecular weight is 295 g/mol. The van der Waals surface area contributed by atoms with E-state index in [1.165, 1.54) is 11.4 Å². The normalized spacial score (nSPS) is 25.5. The molecule has 0 bridgehead atoms. The van der Waals surface area contributed by atoms with Crippen molar-refractivity contribution in [3.05, 3.63) is 30.3 Å². The minimum Gasteiger partial charge on any atom is -0.211 e. The molecule has 0 amide bonds. The topological polar surface area (TPSA) is 15.6 Å². The van der Waals surface area contributed by atoms with E-state index in [2.05, 4.69) is 5.10 Å². The molecule has 0 N–H and O–H groups in total. The maximum absolute atomic E-state index is 6.33. The number of benzene rings is 1. The molecule has 1 atom stereocenters.